The zero-order valence-electron chi connectivity index (χ0n) is 12.3. The summed E-state index contributed by atoms with van der Waals surface area (Å²) in [4.78, 5) is 12.0. The minimum atomic E-state index is 0. The molecule has 0 aliphatic heterocycles. The third kappa shape index (κ3) is 6.36. The second-order valence-electron chi connectivity index (χ2n) is 5.42. The SMILES string of the molecule is Cl.NCCOc1ccc(NC(=O)CC2CCCCC2)cc1. The highest BCUT2D eigenvalue weighted by Crippen LogP contribution is 2.26. The van der Waals surface area contributed by atoms with Gasteiger partial charge in [-0.1, -0.05) is 19.3 Å². The Bertz CT molecular complexity index is 417. The normalized spacial score (nSPS) is 15.1. The number of anilines is 1. The number of nitrogens with two attached hydrogens (primary N) is 1. The van der Waals surface area contributed by atoms with Crippen LogP contribution in [0.5, 0.6) is 5.75 Å². The molecular weight excluding hydrogens is 288 g/mol. The lowest BCUT2D eigenvalue weighted by Gasteiger charge is -2.20. The topological polar surface area (TPSA) is 64.3 Å². The van der Waals surface area contributed by atoms with Crippen molar-refractivity contribution in [3.63, 3.8) is 0 Å². The highest BCUT2D eigenvalue weighted by Gasteiger charge is 2.16. The lowest BCUT2D eigenvalue weighted by molar-refractivity contribution is -0.117. The largest absolute Gasteiger partial charge is 0.492 e. The van der Waals surface area contributed by atoms with Crippen molar-refractivity contribution in [3.05, 3.63) is 24.3 Å². The van der Waals surface area contributed by atoms with Crippen LogP contribution in [0.25, 0.3) is 0 Å². The van der Waals surface area contributed by atoms with E-state index in [1.165, 1.54) is 32.1 Å². The number of ether oxygens (including phenoxy) is 1. The van der Waals surface area contributed by atoms with Crippen LogP contribution in [-0.2, 0) is 4.79 Å². The van der Waals surface area contributed by atoms with Crippen LogP contribution in [-0.4, -0.2) is 19.1 Å². The molecule has 3 N–H and O–H groups in total. The van der Waals surface area contributed by atoms with E-state index in [0.29, 0.717) is 25.5 Å². The zero-order valence-corrected chi connectivity index (χ0v) is 13.2. The van der Waals surface area contributed by atoms with Gasteiger partial charge < -0.3 is 15.8 Å². The number of rotatable bonds is 6. The van der Waals surface area contributed by atoms with Gasteiger partial charge in [0.2, 0.25) is 5.91 Å². The number of amides is 1. The Kier molecular flexibility index (Phi) is 8.16. The summed E-state index contributed by atoms with van der Waals surface area (Å²) in [6.45, 7) is 1.01. The molecule has 1 aliphatic rings. The van der Waals surface area contributed by atoms with Gasteiger partial charge in [-0.25, -0.2) is 0 Å². The molecule has 118 valence electrons. The predicted octanol–water partition coefficient (Wildman–Crippen LogP) is 3.35. The van der Waals surface area contributed by atoms with Gasteiger partial charge in [0.25, 0.3) is 0 Å². The van der Waals surface area contributed by atoms with Gasteiger partial charge in [0.15, 0.2) is 0 Å². The van der Waals surface area contributed by atoms with Crippen LogP contribution in [0, 0.1) is 5.92 Å². The summed E-state index contributed by atoms with van der Waals surface area (Å²) >= 11 is 0. The zero-order chi connectivity index (χ0) is 14.2. The van der Waals surface area contributed by atoms with Gasteiger partial charge in [-0.3, -0.25) is 4.79 Å². The van der Waals surface area contributed by atoms with Crippen molar-refractivity contribution < 1.29 is 9.53 Å². The van der Waals surface area contributed by atoms with Crippen LogP contribution in [0.15, 0.2) is 24.3 Å². The summed E-state index contributed by atoms with van der Waals surface area (Å²) in [6.07, 6.45) is 6.89. The Labute approximate surface area is 132 Å². The van der Waals surface area contributed by atoms with Gasteiger partial charge in [-0.2, -0.15) is 0 Å². The number of benzene rings is 1. The maximum absolute atomic E-state index is 12.0. The molecule has 1 aromatic rings. The van der Waals surface area contributed by atoms with Crippen LogP contribution >= 0.6 is 12.4 Å². The van der Waals surface area contributed by atoms with E-state index >= 15 is 0 Å². The Morgan fingerprint density at radius 3 is 2.48 bits per heavy atom. The fourth-order valence-corrected chi connectivity index (χ4v) is 2.68. The average molecular weight is 313 g/mol. The first-order valence-electron chi connectivity index (χ1n) is 7.50. The molecule has 0 bridgehead atoms. The highest BCUT2D eigenvalue weighted by molar-refractivity contribution is 5.90. The molecular formula is C16H25ClN2O2. The lowest BCUT2D eigenvalue weighted by Crippen LogP contribution is -2.18. The number of nitrogens with one attached hydrogen (secondary N) is 1. The number of halogens is 1. The van der Waals surface area contributed by atoms with E-state index in [4.69, 9.17) is 10.5 Å². The minimum absolute atomic E-state index is 0. The van der Waals surface area contributed by atoms with Crippen LogP contribution in [0.4, 0.5) is 5.69 Å². The molecule has 4 nitrogen and oxygen atoms in total. The fourth-order valence-electron chi connectivity index (χ4n) is 2.68. The monoisotopic (exact) mass is 312 g/mol. The molecule has 1 aliphatic carbocycles. The van der Waals surface area contributed by atoms with Gasteiger partial charge in [0.1, 0.15) is 12.4 Å². The molecule has 21 heavy (non-hydrogen) atoms. The third-order valence-corrected chi connectivity index (χ3v) is 3.72. The van der Waals surface area contributed by atoms with Gasteiger partial charge in [0.05, 0.1) is 0 Å². The predicted molar refractivity (Wildman–Crippen MR) is 88.1 cm³/mol. The average Bonchev–Trinajstić information content (AvgIpc) is 2.47. The fraction of sp³-hybridized carbons (Fsp3) is 0.562. The Morgan fingerprint density at radius 1 is 1.19 bits per heavy atom. The summed E-state index contributed by atoms with van der Waals surface area (Å²) in [5.41, 5.74) is 6.20. The van der Waals surface area contributed by atoms with E-state index in [0.717, 1.165) is 11.4 Å². The summed E-state index contributed by atoms with van der Waals surface area (Å²) < 4.78 is 5.40. The van der Waals surface area contributed by atoms with Crippen molar-refractivity contribution >= 4 is 24.0 Å². The molecule has 1 amide bonds. The summed E-state index contributed by atoms with van der Waals surface area (Å²) in [6, 6.07) is 7.44. The number of hydrogen-bond acceptors (Lipinski definition) is 3. The molecule has 0 saturated heterocycles. The standard InChI is InChI=1S/C16H24N2O2.ClH/c17-10-11-20-15-8-6-14(7-9-15)18-16(19)12-13-4-2-1-3-5-13;/h6-9,13H,1-5,10-12,17H2,(H,18,19);1H. The molecule has 2 rings (SSSR count). The minimum Gasteiger partial charge on any atom is -0.492 e. The molecule has 0 atom stereocenters. The molecule has 5 heteroatoms. The molecule has 1 aromatic carbocycles. The first-order chi connectivity index (χ1) is 9.78. The molecule has 0 aromatic heterocycles. The van der Waals surface area contributed by atoms with Gasteiger partial charge >= 0.3 is 0 Å². The molecule has 1 saturated carbocycles. The van der Waals surface area contributed by atoms with Gasteiger partial charge in [-0.05, 0) is 43.0 Å². The van der Waals surface area contributed by atoms with Crippen molar-refractivity contribution in [1.29, 1.82) is 0 Å². The lowest BCUT2D eigenvalue weighted by atomic mass is 9.87. The van der Waals surface area contributed by atoms with Crippen LogP contribution in [0.1, 0.15) is 38.5 Å². The molecule has 0 spiro atoms. The summed E-state index contributed by atoms with van der Waals surface area (Å²) in [5, 5.41) is 2.95. The summed E-state index contributed by atoms with van der Waals surface area (Å²) in [5.74, 6) is 1.46. The van der Waals surface area contributed by atoms with Crippen LogP contribution in [0.3, 0.4) is 0 Å². The van der Waals surface area contributed by atoms with E-state index < -0.39 is 0 Å². The molecule has 1 fully saturated rings. The van der Waals surface area contributed by atoms with E-state index in [1.54, 1.807) is 0 Å². The van der Waals surface area contributed by atoms with Gasteiger partial charge in [-0.15, -0.1) is 12.4 Å². The Balaban J connectivity index is 0.00000220. The molecule has 0 heterocycles. The highest BCUT2D eigenvalue weighted by atomic mass is 35.5. The summed E-state index contributed by atoms with van der Waals surface area (Å²) in [7, 11) is 0. The molecule has 0 unspecified atom stereocenters. The smallest absolute Gasteiger partial charge is 0.224 e. The number of carbonyl (C=O) groups is 1. The van der Waals surface area contributed by atoms with Crippen LogP contribution < -0.4 is 15.8 Å². The van der Waals surface area contributed by atoms with Crippen molar-refractivity contribution in [2.75, 3.05) is 18.5 Å². The van der Waals surface area contributed by atoms with Gasteiger partial charge in [0, 0.05) is 18.7 Å². The Hall–Kier alpha value is -1.26. The van der Waals surface area contributed by atoms with E-state index in [1.807, 2.05) is 24.3 Å². The second-order valence-corrected chi connectivity index (χ2v) is 5.42. The van der Waals surface area contributed by atoms with Crippen molar-refractivity contribution in [2.24, 2.45) is 11.7 Å². The first kappa shape index (κ1) is 17.8. The first-order valence-corrected chi connectivity index (χ1v) is 7.50. The maximum Gasteiger partial charge on any atom is 0.224 e. The van der Waals surface area contributed by atoms with E-state index in [-0.39, 0.29) is 18.3 Å². The second kappa shape index (κ2) is 9.64. The van der Waals surface area contributed by atoms with Crippen molar-refractivity contribution in [1.82, 2.24) is 0 Å². The van der Waals surface area contributed by atoms with Crippen molar-refractivity contribution in [2.45, 2.75) is 38.5 Å². The maximum atomic E-state index is 12.0. The quantitative estimate of drug-likeness (QED) is 0.846. The van der Waals surface area contributed by atoms with E-state index in [2.05, 4.69) is 5.32 Å². The number of carbonyl (C=O) groups excluding carboxylic acids is 1. The third-order valence-electron chi connectivity index (χ3n) is 3.72. The molecule has 0 radical (unpaired) electrons. The van der Waals surface area contributed by atoms with E-state index in [9.17, 15) is 4.79 Å². The number of hydrogen-bond donors (Lipinski definition) is 2. The van der Waals surface area contributed by atoms with Crippen molar-refractivity contribution in [3.8, 4) is 5.75 Å². The Morgan fingerprint density at radius 2 is 1.86 bits per heavy atom. The van der Waals surface area contributed by atoms with Crippen LogP contribution in [0.2, 0.25) is 0 Å².